The highest BCUT2D eigenvalue weighted by atomic mass is 35.5. The highest BCUT2D eigenvalue weighted by Crippen LogP contribution is 2.26. The van der Waals surface area contributed by atoms with Gasteiger partial charge in [-0.25, -0.2) is 12.8 Å². The van der Waals surface area contributed by atoms with Crippen molar-refractivity contribution < 1.29 is 17.6 Å². The van der Waals surface area contributed by atoms with Crippen molar-refractivity contribution >= 4 is 38.9 Å². The van der Waals surface area contributed by atoms with Crippen LogP contribution < -0.4 is 9.62 Å². The van der Waals surface area contributed by atoms with E-state index >= 15 is 0 Å². The maximum atomic E-state index is 13.6. The minimum absolute atomic E-state index is 0.0566. The molecule has 8 heteroatoms. The number of amides is 1. The van der Waals surface area contributed by atoms with Crippen molar-refractivity contribution in [2.24, 2.45) is 0 Å². The molecule has 0 aliphatic carbocycles. The Morgan fingerprint density at radius 2 is 1.92 bits per heavy atom. The maximum Gasteiger partial charge on any atom is 0.232 e. The second-order valence-corrected chi connectivity index (χ2v) is 7.89. The van der Waals surface area contributed by atoms with Crippen LogP contribution >= 0.6 is 11.6 Å². The fourth-order valence-electron chi connectivity index (χ4n) is 2.34. The predicted octanol–water partition coefficient (Wildman–Crippen LogP) is 3.58. The fraction of sp³-hybridized carbons (Fsp3) is 0.235. The molecule has 2 aromatic rings. The molecule has 0 radical (unpaired) electrons. The maximum absolute atomic E-state index is 13.6. The highest BCUT2D eigenvalue weighted by molar-refractivity contribution is 7.92. The summed E-state index contributed by atoms with van der Waals surface area (Å²) in [5.41, 5.74) is 1.18. The molecule has 0 unspecified atom stereocenters. The number of para-hydroxylation sites is 1. The van der Waals surface area contributed by atoms with Gasteiger partial charge < -0.3 is 5.32 Å². The Kier molecular flexibility index (Phi) is 6.02. The summed E-state index contributed by atoms with van der Waals surface area (Å²) in [7, 11) is -3.59. The zero-order valence-electron chi connectivity index (χ0n) is 13.8. The molecule has 1 N–H and O–H groups in total. The second-order valence-electron chi connectivity index (χ2n) is 5.54. The summed E-state index contributed by atoms with van der Waals surface area (Å²) in [6.45, 7) is 1.67. The third kappa shape index (κ3) is 5.17. The lowest BCUT2D eigenvalue weighted by molar-refractivity contribution is -0.116. The SMILES string of the molecule is Cc1cc(Cl)ccc1N(CCC(=O)Nc1ccccc1F)S(C)(=O)=O. The molecular formula is C17H18ClFN2O3S. The zero-order valence-corrected chi connectivity index (χ0v) is 15.4. The number of rotatable bonds is 6. The van der Waals surface area contributed by atoms with Gasteiger partial charge in [0, 0.05) is 18.0 Å². The van der Waals surface area contributed by atoms with Crippen molar-refractivity contribution in [2.45, 2.75) is 13.3 Å². The summed E-state index contributed by atoms with van der Waals surface area (Å²) in [5, 5.41) is 2.93. The van der Waals surface area contributed by atoms with Gasteiger partial charge in [0.05, 0.1) is 17.6 Å². The van der Waals surface area contributed by atoms with Crippen LogP contribution in [0.3, 0.4) is 0 Å². The molecule has 1 amide bonds. The Morgan fingerprint density at radius 3 is 2.52 bits per heavy atom. The van der Waals surface area contributed by atoms with E-state index in [0.29, 0.717) is 16.3 Å². The molecular weight excluding hydrogens is 367 g/mol. The standard InChI is InChI=1S/C17H18ClFN2O3S/c1-12-11-13(18)7-8-16(12)21(25(2,23)24)10-9-17(22)20-15-6-4-3-5-14(15)19/h3-8,11H,9-10H2,1-2H3,(H,20,22). The number of sulfonamides is 1. The van der Waals surface area contributed by atoms with E-state index in [0.717, 1.165) is 10.6 Å². The number of nitrogens with one attached hydrogen (secondary N) is 1. The van der Waals surface area contributed by atoms with E-state index in [-0.39, 0.29) is 18.7 Å². The van der Waals surface area contributed by atoms with Crippen molar-refractivity contribution in [3.05, 3.63) is 58.9 Å². The Labute approximate surface area is 151 Å². The number of carbonyl (C=O) groups is 1. The number of hydrogen-bond donors (Lipinski definition) is 1. The predicted molar refractivity (Wildman–Crippen MR) is 98.0 cm³/mol. The largest absolute Gasteiger partial charge is 0.324 e. The lowest BCUT2D eigenvalue weighted by Gasteiger charge is -2.24. The van der Waals surface area contributed by atoms with Crippen LogP contribution in [-0.4, -0.2) is 27.1 Å². The van der Waals surface area contributed by atoms with E-state index in [2.05, 4.69) is 5.32 Å². The summed E-state index contributed by atoms with van der Waals surface area (Å²) in [6.07, 6.45) is 0.944. The quantitative estimate of drug-likeness (QED) is 0.827. The van der Waals surface area contributed by atoms with Crippen LogP contribution in [0.25, 0.3) is 0 Å². The van der Waals surface area contributed by atoms with Gasteiger partial charge in [0.15, 0.2) is 0 Å². The van der Waals surface area contributed by atoms with Crippen molar-refractivity contribution in [1.29, 1.82) is 0 Å². The Bertz CT molecular complexity index is 887. The van der Waals surface area contributed by atoms with Crippen LogP contribution in [0, 0.1) is 12.7 Å². The molecule has 0 saturated carbocycles. The van der Waals surface area contributed by atoms with Crippen molar-refractivity contribution in [1.82, 2.24) is 0 Å². The van der Waals surface area contributed by atoms with Gasteiger partial charge in [-0.3, -0.25) is 9.10 Å². The van der Waals surface area contributed by atoms with E-state index in [1.54, 1.807) is 31.2 Å². The normalized spacial score (nSPS) is 11.2. The van der Waals surface area contributed by atoms with E-state index in [9.17, 15) is 17.6 Å². The number of halogens is 2. The molecule has 0 aromatic heterocycles. The Balaban J connectivity index is 2.13. The molecule has 2 aromatic carbocycles. The molecule has 0 spiro atoms. The molecule has 2 rings (SSSR count). The highest BCUT2D eigenvalue weighted by Gasteiger charge is 2.20. The molecule has 5 nitrogen and oxygen atoms in total. The molecule has 0 aliphatic heterocycles. The minimum atomic E-state index is -3.59. The third-order valence-electron chi connectivity index (χ3n) is 3.52. The van der Waals surface area contributed by atoms with Crippen LogP contribution in [0.1, 0.15) is 12.0 Å². The van der Waals surface area contributed by atoms with Crippen LogP contribution in [0.15, 0.2) is 42.5 Å². The number of hydrogen-bond acceptors (Lipinski definition) is 3. The first kappa shape index (κ1) is 19.2. The summed E-state index contributed by atoms with van der Waals surface area (Å²) >= 11 is 5.90. The Morgan fingerprint density at radius 1 is 1.24 bits per heavy atom. The average molecular weight is 385 g/mol. The first-order chi connectivity index (χ1) is 11.7. The molecule has 0 heterocycles. The van der Waals surface area contributed by atoms with E-state index < -0.39 is 21.7 Å². The zero-order chi connectivity index (χ0) is 18.6. The summed E-state index contributed by atoms with van der Waals surface area (Å²) in [6, 6.07) is 10.6. The van der Waals surface area contributed by atoms with Crippen molar-refractivity contribution in [2.75, 3.05) is 22.4 Å². The van der Waals surface area contributed by atoms with Crippen LogP contribution in [0.5, 0.6) is 0 Å². The van der Waals surface area contributed by atoms with Gasteiger partial charge in [-0.1, -0.05) is 23.7 Å². The van der Waals surface area contributed by atoms with Crippen molar-refractivity contribution in [3.63, 3.8) is 0 Å². The van der Waals surface area contributed by atoms with Gasteiger partial charge in [-0.15, -0.1) is 0 Å². The van der Waals surface area contributed by atoms with E-state index in [1.807, 2.05) is 0 Å². The molecule has 0 atom stereocenters. The van der Waals surface area contributed by atoms with Gasteiger partial charge in [0.25, 0.3) is 0 Å². The smallest absolute Gasteiger partial charge is 0.232 e. The lowest BCUT2D eigenvalue weighted by Crippen LogP contribution is -2.33. The monoisotopic (exact) mass is 384 g/mol. The van der Waals surface area contributed by atoms with Crippen LogP contribution in [0.4, 0.5) is 15.8 Å². The van der Waals surface area contributed by atoms with E-state index in [1.165, 1.54) is 18.2 Å². The number of anilines is 2. The molecule has 25 heavy (non-hydrogen) atoms. The molecule has 0 aliphatic rings. The number of carbonyl (C=O) groups excluding carboxylic acids is 1. The van der Waals surface area contributed by atoms with E-state index in [4.69, 9.17) is 11.6 Å². The van der Waals surface area contributed by atoms with Gasteiger partial charge in [0.2, 0.25) is 15.9 Å². The molecule has 0 fully saturated rings. The van der Waals surface area contributed by atoms with Crippen LogP contribution in [0.2, 0.25) is 5.02 Å². The molecule has 0 bridgehead atoms. The second kappa shape index (κ2) is 7.84. The fourth-order valence-corrected chi connectivity index (χ4v) is 3.55. The van der Waals surface area contributed by atoms with Gasteiger partial charge in [0.1, 0.15) is 5.82 Å². The molecule has 0 saturated heterocycles. The van der Waals surface area contributed by atoms with Gasteiger partial charge in [-0.05, 0) is 42.8 Å². The third-order valence-corrected chi connectivity index (χ3v) is 4.93. The number of benzene rings is 2. The first-order valence-corrected chi connectivity index (χ1v) is 9.69. The summed E-state index contributed by atoms with van der Waals surface area (Å²) < 4.78 is 38.9. The molecule has 134 valence electrons. The first-order valence-electron chi connectivity index (χ1n) is 7.47. The number of nitrogens with zero attached hydrogens (tertiary/aromatic N) is 1. The van der Waals surface area contributed by atoms with Gasteiger partial charge >= 0.3 is 0 Å². The lowest BCUT2D eigenvalue weighted by atomic mass is 10.2. The van der Waals surface area contributed by atoms with Gasteiger partial charge in [-0.2, -0.15) is 0 Å². The average Bonchev–Trinajstić information content (AvgIpc) is 2.50. The Hall–Kier alpha value is -2.12. The number of aryl methyl sites for hydroxylation is 1. The minimum Gasteiger partial charge on any atom is -0.324 e. The van der Waals surface area contributed by atoms with Crippen LogP contribution in [-0.2, 0) is 14.8 Å². The summed E-state index contributed by atoms with van der Waals surface area (Å²) in [4.78, 5) is 12.0. The van der Waals surface area contributed by atoms with Crippen molar-refractivity contribution in [3.8, 4) is 0 Å². The topological polar surface area (TPSA) is 66.5 Å². The summed E-state index contributed by atoms with van der Waals surface area (Å²) in [5.74, 6) is -1.03.